The Morgan fingerprint density at radius 1 is 1.45 bits per heavy atom. The SMILES string of the molecule is CC(NS(=O)(=O)c1cc(Br)cnc1NN)c1nccs1. The minimum Gasteiger partial charge on any atom is -0.307 e. The van der Waals surface area contributed by atoms with E-state index in [0.29, 0.717) is 9.48 Å². The van der Waals surface area contributed by atoms with Gasteiger partial charge < -0.3 is 5.43 Å². The zero-order chi connectivity index (χ0) is 14.8. The van der Waals surface area contributed by atoms with Crippen LogP contribution < -0.4 is 16.0 Å². The highest BCUT2D eigenvalue weighted by Crippen LogP contribution is 2.24. The van der Waals surface area contributed by atoms with E-state index in [2.05, 4.69) is 36.0 Å². The van der Waals surface area contributed by atoms with Crippen LogP contribution in [0.1, 0.15) is 18.0 Å². The molecule has 7 nitrogen and oxygen atoms in total. The molecule has 4 N–H and O–H groups in total. The molecule has 108 valence electrons. The van der Waals surface area contributed by atoms with E-state index < -0.39 is 16.1 Å². The number of nitrogen functional groups attached to an aromatic ring is 1. The van der Waals surface area contributed by atoms with E-state index in [9.17, 15) is 8.42 Å². The number of halogens is 1. The molecule has 2 aromatic rings. The van der Waals surface area contributed by atoms with E-state index in [1.807, 2.05) is 0 Å². The fourth-order valence-corrected chi connectivity index (χ4v) is 4.08. The predicted molar refractivity (Wildman–Crippen MR) is 80.6 cm³/mol. The Morgan fingerprint density at radius 3 is 2.80 bits per heavy atom. The second-order valence-corrected chi connectivity index (χ2v) is 7.38. The maximum atomic E-state index is 12.4. The summed E-state index contributed by atoms with van der Waals surface area (Å²) in [6, 6.07) is 0.989. The molecule has 0 aliphatic heterocycles. The molecular weight excluding hydrogens is 366 g/mol. The third-order valence-electron chi connectivity index (χ3n) is 2.40. The Kier molecular flexibility index (Phi) is 4.70. The van der Waals surface area contributed by atoms with E-state index in [0.717, 1.165) is 0 Å². The van der Waals surface area contributed by atoms with E-state index in [1.54, 1.807) is 18.5 Å². The summed E-state index contributed by atoms with van der Waals surface area (Å²) in [7, 11) is -3.77. The first-order valence-electron chi connectivity index (χ1n) is 5.48. The van der Waals surface area contributed by atoms with E-state index in [-0.39, 0.29) is 10.7 Å². The number of hydrazine groups is 1. The topological polar surface area (TPSA) is 110 Å². The smallest absolute Gasteiger partial charge is 0.244 e. The van der Waals surface area contributed by atoms with Gasteiger partial charge in [0.15, 0.2) is 5.82 Å². The number of rotatable bonds is 5. The number of hydrogen-bond donors (Lipinski definition) is 3. The molecule has 0 aliphatic carbocycles. The highest BCUT2D eigenvalue weighted by atomic mass is 79.9. The molecule has 20 heavy (non-hydrogen) atoms. The average molecular weight is 378 g/mol. The summed E-state index contributed by atoms with van der Waals surface area (Å²) in [5.74, 6) is 5.37. The standard InChI is InChI=1S/C10H12BrN5O2S2/c1-6(10-13-2-3-19-10)16-20(17,18)8-4-7(11)5-14-9(8)15-12/h2-6,16H,12H2,1H3,(H,14,15). The van der Waals surface area contributed by atoms with Crippen LogP contribution in [0.3, 0.4) is 0 Å². The van der Waals surface area contributed by atoms with E-state index in [1.165, 1.54) is 23.6 Å². The highest BCUT2D eigenvalue weighted by Gasteiger charge is 2.23. The first kappa shape index (κ1) is 15.3. The van der Waals surface area contributed by atoms with Crippen LogP contribution in [0.5, 0.6) is 0 Å². The lowest BCUT2D eigenvalue weighted by Crippen LogP contribution is -2.28. The van der Waals surface area contributed by atoms with Crippen molar-refractivity contribution in [3.8, 4) is 0 Å². The van der Waals surface area contributed by atoms with Crippen molar-refractivity contribution in [2.75, 3.05) is 5.43 Å². The zero-order valence-electron chi connectivity index (χ0n) is 10.4. The minimum atomic E-state index is -3.77. The van der Waals surface area contributed by atoms with Crippen LogP contribution in [0, 0.1) is 0 Å². The van der Waals surface area contributed by atoms with Gasteiger partial charge in [-0.05, 0) is 28.9 Å². The van der Waals surface area contributed by atoms with Crippen LogP contribution in [0.2, 0.25) is 0 Å². The molecule has 0 saturated carbocycles. The summed E-state index contributed by atoms with van der Waals surface area (Å²) in [4.78, 5) is 7.97. The lowest BCUT2D eigenvalue weighted by atomic mass is 10.4. The fourth-order valence-electron chi connectivity index (χ4n) is 1.53. The molecule has 2 heterocycles. The molecule has 0 bridgehead atoms. The van der Waals surface area contributed by atoms with Gasteiger partial charge in [0.25, 0.3) is 0 Å². The van der Waals surface area contributed by atoms with Crippen molar-refractivity contribution < 1.29 is 8.42 Å². The van der Waals surface area contributed by atoms with Gasteiger partial charge in [0.05, 0.1) is 6.04 Å². The molecule has 2 rings (SSSR count). The molecule has 0 spiro atoms. The molecule has 0 fully saturated rings. The van der Waals surface area contributed by atoms with Crippen LogP contribution in [0.4, 0.5) is 5.82 Å². The van der Waals surface area contributed by atoms with E-state index in [4.69, 9.17) is 5.84 Å². The van der Waals surface area contributed by atoms with Crippen molar-refractivity contribution in [1.29, 1.82) is 0 Å². The van der Waals surface area contributed by atoms with Gasteiger partial charge in [0, 0.05) is 22.2 Å². The Morgan fingerprint density at radius 2 is 2.20 bits per heavy atom. The second-order valence-electron chi connectivity index (χ2n) is 3.86. The number of anilines is 1. The number of nitrogens with one attached hydrogen (secondary N) is 2. The number of sulfonamides is 1. The van der Waals surface area contributed by atoms with Gasteiger partial charge in [0.2, 0.25) is 10.0 Å². The summed E-state index contributed by atoms with van der Waals surface area (Å²) in [5, 5.41) is 2.46. The van der Waals surface area contributed by atoms with Crippen LogP contribution >= 0.6 is 27.3 Å². The molecule has 0 aromatic carbocycles. The third kappa shape index (κ3) is 3.33. The summed E-state index contributed by atoms with van der Waals surface area (Å²) in [6.45, 7) is 1.72. The van der Waals surface area contributed by atoms with Crippen molar-refractivity contribution >= 4 is 43.1 Å². The number of hydrogen-bond acceptors (Lipinski definition) is 7. The Hall–Kier alpha value is -1.07. The van der Waals surface area contributed by atoms with Gasteiger partial charge >= 0.3 is 0 Å². The predicted octanol–water partition coefficient (Wildman–Crippen LogP) is 1.63. The fraction of sp³-hybridized carbons (Fsp3) is 0.200. The normalized spacial score (nSPS) is 13.2. The van der Waals surface area contributed by atoms with Gasteiger partial charge in [-0.1, -0.05) is 0 Å². The lowest BCUT2D eigenvalue weighted by Gasteiger charge is -2.14. The Bertz CT molecular complexity index is 690. The van der Waals surface area contributed by atoms with Crippen molar-refractivity contribution in [3.63, 3.8) is 0 Å². The number of pyridine rings is 1. The summed E-state index contributed by atoms with van der Waals surface area (Å²) < 4.78 is 27.8. The Balaban J connectivity index is 2.33. The van der Waals surface area contributed by atoms with Crippen LogP contribution in [-0.2, 0) is 10.0 Å². The highest BCUT2D eigenvalue weighted by molar-refractivity contribution is 9.10. The van der Waals surface area contributed by atoms with Gasteiger partial charge in [-0.15, -0.1) is 11.3 Å². The number of nitrogens with two attached hydrogens (primary N) is 1. The van der Waals surface area contributed by atoms with E-state index >= 15 is 0 Å². The molecule has 0 amide bonds. The maximum absolute atomic E-state index is 12.4. The first-order valence-corrected chi connectivity index (χ1v) is 8.63. The largest absolute Gasteiger partial charge is 0.307 e. The van der Waals surface area contributed by atoms with Gasteiger partial charge in [-0.3, -0.25) is 0 Å². The van der Waals surface area contributed by atoms with Crippen molar-refractivity contribution in [1.82, 2.24) is 14.7 Å². The monoisotopic (exact) mass is 377 g/mol. The molecule has 10 heteroatoms. The minimum absolute atomic E-state index is 0.0298. The number of nitrogens with zero attached hydrogens (tertiary/aromatic N) is 2. The Labute approximate surface area is 128 Å². The quantitative estimate of drug-likeness (QED) is 0.539. The molecule has 1 atom stereocenters. The molecule has 2 aromatic heterocycles. The molecule has 0 radical (unpaired) electrons. The lowest BCUT2D eigenvalue weighted by molar-refractivity contribution is 0.566. The maximum Gasteiger partial charge on any atom is 0.244 e. The molecular formula is C10H12BrN5O2S2. The molecule has 0 saturated heterocycles. The zero-order valence-corrected chi connectivity index (χ0v) is 13.6. The van der Waals surface area contributed by atoms with Crippen LogP contribution in [-0.4, -0.2) is 18.4 Å². The van der Waals surface area contributed by atoms with Crippen molar-refractivity contribution in [3.05, 3.63) is 33.3 Å². The van der Waals surface area contributed by atoms with Crippen LogP contribution in [0.25, 0.3) is 0 Å². The van der Waals surface area contributed by atoms with Crippen LogP contribution in [0.15, 0.2) is 33.2 Å². The summed E-state index contributed by atoms with van der Waals surface area (Å²) in [5.41, 5.74) is 2.27. The number of aromatic nitrogens is 2. The summed E-state index contributed by atoms with van der Waals surface area (Å²) in [6.07, 6.45) is 3.08. The summed E-state index contributed by atoms with van der Waals surface area (Å²) >= 11 is 4.57. The number of thiazole rings is 1. The second kappa shape index (κ2) is 6.14. The average Bonchev–Trinajstić information content (AvgIpc) is 2.92. The van der Waals surface area contributed by atoms with Gasteiger partial charge in [-0.25, -0.2) is 29.0 Å². The molecule has 1 unspecified atom stereocenters. The third-order valence-corrected chi connectivity index (χ3v) is 5.35. The first-order chi connectivity index (χ1) is 9.44. The van der Waals surface area contributed by atoms with Crippen molar-refractivity contribution in [2.45, 2.75) is 17.9 Å². The molecule has 0 aliphatic rings. The van der Waals surface area contributed by atoms with Crippen molar-refractivity contribution in [2.24, 2.45) is 5.84 Å². The van der Waals surface area contributed by atoms with Gasteiger partial charge in [-0.2, -0.15) is 0 Å². The van der Waals surface area contributed by atoms with Gasteiger partial charge in [0.1, 0.15) is 9.90 Å².